The zero-order valence-electron chi connectivity index (χ0n) is 19.5. The quantitative estimate of drug-likeness (QED) is 0.354. The third-order valence-electron chi connectivity index (χ3n) is 5.68. The van der Waals surface area contributed by atoms with Crippen molar-refractivity contribution in [2.75, 3.05) is 10.1 Å². The predicted molar refractivity (Wildman–Crippen MR) is 140 cm³/mol. The number of hydrazone groups is 1. The summed E-state index contributed by atoms with van der Waals surface area (Å²) in [5, 5.41) is 5.29. The SMILES string of the molecule is Cc1cc(C)nc(NS(=O)(=O)c2ccc(-c3sc(N/N=C4/CCc5ccccc54)nc3C)cc2)n1. The number of thiazole rings is 1. The molecule has 35 heavy (non-hydrogen) atoms. The smallest absolute Gasteiger partial charge is 0.252 e. The van der Waals surface area contributed by atoms with E-state index < -0.39 is 10.0 Å². The summed E-state index contributed by atoms with van der Waals surface area (Å²) in [5.41, 5.74) is 9.76. The van der Waals surface area contributed by atoms with Crippen LogP contribution in [0.2, 0.25) is 0 Å². The highest BCUT2D eigenvalue weighted by Crippen LogP contribution is 2.33. The number of aryl methyl sites for hydroxylation is 4. The Morgan fingerprint density at radius 2 is 1.63 bits per heavy atom. The van der Waals surface area contributed by atoms with Crippen LogP contribution in [0.3, 0.4) is 0 Å². The van der Waals surface area contributed by atoms with E-state index in [4.69, 9.17) is 0 Å². The molecule has 2 N–H and O–H groups in total. The molecule has 5 rings (SSSR count). The molecule has 0 aliphatic heterocycles. The van der Waals surface area contributed by atoms with Crippen molar-refractivity contribution in [2.45, 2.75) is 38.5 Å². The molecule has 8 nitrogen and oxygen atoms in total. The van der Waals surface area contributed by atoms with E-state index in [0.717, 1.165) is 34.7 Å². The van der Waals surface area contributed by atoms with Gasteiger partial charge in [-0.1, -0.05) is 47.7 Å². The minimum atomic E-state index is -3.81. The van der Waals surface area contributed by atoms with Gasteiger partial charge in [0.15, 0.2) is 0 Å². The van der Waals surface area contributed by atoms with Crippen LogP contribution in [-0.4, -0.2) is 29.1 Å². The topological polar surface area (TPSA) is 109 Å². The lowest BCUT2D eigenvalue weighted by Gasteiger charge is -2.08. The van der Waals surface area contributed by atoms with Crippen LogP contribution in [0.4, 0.5) is 11.1 Å². The molecular weight excluding hydrogens is 480 g/mol. The Kier molecular flexibility index (Phi) is 6.08. The number of aromatic nitrogens is 3. The summed E-state index contributed by atoms with van der Waals surface area (Å²) in [6.45, 7) is 5.51. The molecule has 0 spiro atoms. The molecule has 0 unspecified atom stereocenters. The van der Waals surface area contributed by atoms with Crippen molar-refractivity contribution in [1.82, 2.24) is 15.0 Å². The minimum absolute atomic E-state index is 0.0621. The highest BCUT2D eigenvalue weighted by atomic mass is 32.2. The van der Waals surface area contributed by atoms with Gasteiger partial charge in [-0.3, -0.25) is 5.43 Å². The van der Waals surface area contributed by atoms with Crippen LogP contribution < -0.4 is 10.1 Å². The molecule has 0 fully saturated rings. The van der Waals surface area contributed by atoms with Crippen LogP contribution in [0.15, 0.2) is 64.6 Å². The van der Waals surface area contributed by atoms with Gasteiger partial charge in [0.05, 0.1) is 21.2 Å². The summed E-state index contributed by atoms with van der Waals surface area (Å²) in [5.74, 6) is 0.0621. The summed E-state index contributed by atoms with van der Waals surface area (Å²) < 4.78 is 28.1. The summed E-state index contributed by atoms with van der Waals surface area (Å²) in [4.78, 5) is 14.0. The van der Waals surface area contributed by atoms with Gasteiger partial charge in [-0.2, -0.15) is 5.10 Å². The highest BCUT2D eigenvalue weighted by molar-refractivity contribution is 7.92. The van der Waals surface area contributed by atoms with Crippen molar-refractivity contribution in [1.29, 1.82) is 0 Å². The number of nitrogens with zero attached hydrogens (tertiary/aromatic N) is 4. The van der Waals surface area contributed by atoms with Gasteiger partial charge in [-0.25, -0.2) is 28.1 Å². The second kappa shape index (κ2) is 9.20. The maximum absolute atomic E-state index is 12.8. The van der Waals surface area contributed by atoms with E-state index in [1.165, 1.54) is 22.5 Å². The van der Waals surface area contributed by atoms with Crippen molar-refractivity contribution in [2.24, 2.45) is 5.10 Å². The highest BCUT2D eigenvalue weighted by Gasteiger charge is 2.19. The Morgan fingerprint density at radius 1 is 0.914 bits per heavy atom. The van der Waals surface area contributed by atoms with Gasteiger partial charge in [0.25, 0.3) is 10.0 Å². The normalized spacial score (nSPS) is 14.2. The fraction of sp³-hybridized carbons (Fsp3) is 0.200. The predicted octanol–water partition coefficient (Wildman–Crippen LogP) is 5.09. The molecule has 2 aromatic heterocycles. The monoisotopic (exact) mass is 504 g/mol. The molecule has 2 heterocycles. The Labute approximate surface area is 208 Å². The molecule has 0 bridgehead atoms. The van der Waals surface area contributed by atoms with E-state index in [9.17, 15) is 8.42 Å². The lowest BCUT2D eigenvalue weighted by molar-refractivity contribution is 0.601. The first-order valence-corrected chi connectivity index (χ1v) is 13.4. The molecular formula is C25H24N6O2S2. The largest absolute Gasteiger partial charge is 0.264 e. The Hall–Kier alpha value is -3.63. The molecule has 0 amide bonds. The van der Waals surface area contributed by atoms with Crippen LogP contribution in [0.5, 0.6) is 0 Å². The summed E-state index contributed by atoms with van der Waals surface area (Å²) >= 11 is 1.48. The number of hydrogen-bond donors (Lipinski definition) is 2. The summed E-state index contributed by atoms with van der Waals surface area (Å²) in [6.07, 6.45) is 1.90. The lowest BCUT2D eigenvalue weighted by atomic mass is 10.1. The lowest BCUT2D eigenvalue weighted by Crippen LogP contribution is -2.15. The van der Waals surface area contributed by atoms with Crippen LogP contribution in [-0.2, 0) is 16.4 Å². The molecule has 2 aromatic carbocycles. The van der Waals surface area contributed by atoms with Gasteiger partial charge in [0.1, 0.15) is 0 Å². The van der Waals surface area contributed by atoms with Crippen molar-refractivity contribution < 1.29 is 8.42 Å². The first-order chi connectivity index (χ1) is 16.8. The van der Waals surface area contributed by atoms with E-state index in [1.54, 1.807) is 44.2 Å². The average Bonchev–Trinajstić information content (AvgIpc) is 3.40. The molecule has 10 heteroatoms. The van der Waals surface area contributed by atoms with E-state index in [1.807, 2.05) is 13.0 Å². The van der Waals surface area contributed by atoms with E-state index >= 15 is 0 Å². The minimum Gasteiger partial charge on any atom is -0.252 e. The van der Waals surface area contributed by atoms with Crippen LogP contribution in [0, 0.1) is 20.8 Å². The maximum Gasteiger partial charge on any atom is 0.264 e. The van der Waals surface area contributed by atoms with Crippen molar-refractivity contribution >= 4 is 38.2 Å². The van der Waals surface area contributed by atoms with Gasteiger partial charge in [0.2, 0.25) is 11.1 Å². The maximum atomic E-state index is 12.8. The average molecular weight is 505 g/mol. The molecule has 1 aliphatic carbocycles. The molecule has 0 saturated carbocycles. The zero-order valence-corrected chi connectivity index (χ0v) is 21.2. The number of sulfonamides is 1. The van der Waals surface area contributed by atoms with Crippen molar-refractivity contribution in [3.63, 3.8) is 0 Å². The molecule has 0 atom stereocenters. The van der Waals surface area contributed by atoms with Crippen molar-refractivity contribution in [3.05, 3.63) is 82.8 Å². The summed E-state index contributed by atoms with van der Waals surface area (Å²) in [6, 6.07) is 16.8. The van der Waals surface area contributed by atoms with Crippen LogP contribution in [0.25, 0.3) is 10.4 Å². The fourth-order valence-corrected chi connectivity index (χ4v) is 5.95. The Bertz CT molecular complexity index is 1520. The third-order valence-corrected chi connectivity index (χ3v) is 8.13. The van der Waals surface area contributed by atoms with Gasteiger partial charge in [0, 0.05) is 17.0 Å². The number of anilines is 2. The van der Waals surface area contributed by atoms with Gasteiger partial charge < -0.3 is 0 Å². The van der Waals surface area contributed by atoms with E-state index in [-0.39, 0.29) is 10.8 Å². The van der Waals surface area contributed by atoms with Gasteiger partial charge in [-0.05, 0) is 62.9 Å². The number of fused-ring (bicyclic) bond motifs is 1. The van der Waals surface area contributed by atoms with Crippen LogP contribution in [0.1, 0.15) is 34.6 Å². The van der Waals surface area contributed by atoms with Gasteiger partial charge in [-0.15, -0.1) is 0 Å². The Morgan fingerprint density at radius 3 is 2.37 bits per heavy atom. The zero-order chi connectivity index (χ0) is 24.6. The van der Waals surface area contributed by atoms with Gasteiger partial charge >= 0.3 is 0 Å². The molecule has 0 saturated heterocycles. The van der Waals surface area contributed by atoms with Crippen molar-refractivity contribution in [3.8, 4) is 10.4 Å². The molecule has 0 radical (unpaired) electrons. The first kappa shape index (κ1) is 23.1. The second-order valence-electron chi connectivity index (χ2n) is 8.37. The first-order valence-electron chi connectivity index (χ1n) is 11.1. The number of rotatable bonds is 6. The fourth-order valence-electron chi connectivity index (χ4n) is 4.09. The van der Waals surface area contributed by atoms with E-state index in [2.05, 4.69) is 48.4 Å². The number of nitrogens with one attached hydrogen (secondary N) is 2. The summed E-state index contributed by atoms with van der Waals surface area (Å²) in [7, 11) is -3.81. The molecule has 4 aromatic rings. The molecule has 178 valence electrons. The second-order valence-corrected chi connectivity index (χ2v) is 11.0. The standard InChI is InChI=1S/C25H24N6O2S2/c1-15-14-16(2)27-24(26-15)31-35(32,33)20-11-8-19(9-12-20)23-17(3)28-25(34-23)30-29-22-13-10-18-6-4-5-7-21(18)22/h4-9,11-12,14H,10,13H2,1-3H3,(H,28,30)(H,26,27,31)/b29-22-. The number of benzene rings is 2. The van der Waals surface area contributed by atoms with Crippen LogP contribution >= 0.6 is 11.3 Å². The number of hydrogen-bond acceptors (Lipinski definition) is 8. The molecule has 1 aliphatic rings. The van der Waals surface area contributed by atoms with E-state index in [0.29, 0.717) is 16.5 Å². The third kappa shape index (κ3) is 4.94. The Balaban J connectivity index is 1.33.